The molecule has 1 aliphatic rings. The van der Waals surface area contributed by atoms with Crippen LogP contribution in [0.1, 0.15) is 31.4 Å². The molecule has 110 valence electrons. The summed E-state index contributed by atoms with van der Waals surface area (Å²) >= 11 is 6.07. The van der Waals surface area contributed by atoms with Gasteiger partial charge in [0.2, 0.25) is 5.91 Å². The van der Waals surface area contributed by atoms with Gasteiger partial charge < -0.3 is 15.0 Å². The highest BCUT2D eigenvalue weighted by molar-refractivity contribution is 6.30. The Bertz CT molecular complexity index is 493. The standard InChI is InChI=1S/C15H21ClN2O2/c1-10(13-8-11(16)4-6-14(13)20-3)17-12-5-7-15(19)18(2)9-12/h4,6,8,10,12,17H,5,7,9H2,1-3H3/t10-,12+/m1/s1. The van der Waals surface area contributed by atoms with Crippen LogP contribution in [-0.4, -0.2) is 37.6 Å². The van der Waals surface area contributed by atoms with Crippen molar-refractivity contribution in [3.8, 4) is 5.75 Å². The molecule has 0 unspecified atom stereocenters. The van der Waals surface area contributed by atoms with E-state index in [0.29, 0.717) is 17.5 Å². The number of halogens is 1. The van der Waals surface area contributed by atoms with E-state index in [1.807, 2.05) is 25.2 Å². The van der Waals surface area contributed by atoms with Crippen molar-refractivity contribution in [1.29, 1.82) is 0 Å². The van der Waals surface area contributed by atoms with E-state index >= 15 is 0 Å². The third-order valence-electron chi connectivity index (χ3n) is 3.77. The van der Waals surface area contributed by atoms with Gasteiger partial charge in [0, 0.05) is 42.7 Å². The van der Waals surface area contributed by atoms with Crippen molar-refractivity contribution >= 4 is 17.5 Å². The second kappa shape index (κ2) is 6.46. The summed E-state index contributed by atoms with van der Waals surface area (Å²) in [6.45, 7) is 2.83. The topological polar surface area (TPSA) is 41.6 Å². The fourth-order valence-electron chi connectivity index (χ4n) is 2.64. The van der Waals surface area contributed by atoms with Crippen molar-refractivity contribution in [2.45, 2.75) is 31.8 Å². The van der Waals surface area contributed by atoms with Crippen LogP contribution in [0.5, 0.6) is 5.75 Å². The second-order valence-electron chi connectivity index (χ2n) is 5.28. The summed E-state index contributed by atoms with van der Waals surface area (Å²) in [6, 6.07) is 6.05. The number of carbonyl (C=O) groups is 1. The quantitative estimate of drug-likeness (QED) is 0.929. The summed E-state index contributed by atoms with van der Waals surface area (Å²) < 4.78 is 5.39. The van der Waals surface area contributed by atoms with Gasteiger partial charge >= 0.3 is 0 Å². The molecule has 0 spiro atoms. The van der Waals surface area contributed by atoms with Crippen molar-refractivity contribution in [3.05, 3.63) is 28.8 Å². The predicted molar refractivity (Wildman–Crippen MR) is 80.2 cm³/mol. The van der Waals surface area contributed by atoms with Crippen LogP contribution in [0.25, 0.3) is 0 Å². The van der Waals surface area contributed by atoms with E-state index in [1.165, 1.54) is 0 Å². The average Bonchev–Trinajstić information content (AvgIpc) is 2.43. The molecule has 1 aliphatic heterocycles. The summed E-state index contributed by atoms with van der Waals surface area (Å²) in [5, 5.41) is 4.25. The van der Waals surface area contributed by atoms with Crippen LogP contribution in [0.3, 0.4) is 0 Å². The molecule has 1 saturated heterocycles. The number of hydrogen-bond donors (Lipinski definition) is 1. The minimum Gasteiger partial charge on any atom is -0.496 e. The van der Waals surface area contributed by atoms with Gasteiger partial charge in [0.15, 0.2) is 0 Å². The van der Waals surface area contributed by atoms with E-state index in [2.05, 4.69) is 12.2 Å². The van der Waals surface area contributed by atoms with Gasteiger partial charge in [-0.2, -0.15) is 0 Å². The van der Waals surface area contributed by atoms with Crippen LogP contribution in [0.4, 0.5) is 0 Å². The molecule has 0 bridgehead atoms. The Labute approximate surface area is 125 Å². The third kappa shape index (κ3) is 3.44. The Kier molecular flexibility index (Phi) is 4.89. The molecule has 1 heterocycles. The van der Waals surface area contributed by atoms with Gasteiger partial charge in [-0.1, -0.05) is 11.6 Å². The van der Waals surface area contributed by atoms with Gasteiger partial charge in [-0.25, -0.2) is 0 Å². The summed E-state index contributed by atoms with van der Waals surface area (Å²) in [4.78, 5) is 13.3. The van der Waals surface area contributed by atoms with Gasteiger partial charge in [0.05, 0.1) is 7.11 Å². The molecular weight excluding hydrogens is 276 g/mol. The highest BCUT2D eigenvalue weighted by atomic mass is 35.5. The van der Waals surface area contributed by atoms with Gasteiger partial charge in [-0.3, -0.25) is 4.79 Å². The number of likely N-dealkylation sites (tertiary alicyclic amines) is 1. The van der Waals surface area contributed by atoms with E-state index in [-0.39, 0.29) is 11.9 Å². The van der Waals surface area contributed by atoms with Crippen LogP contribution in [-0.2, 0) is 4.79 Å². The van der Waals surface area contributed by atoms with Crippen LogP contribution < -0.4 is 10.1 Å². The molecule has 1 aromatic rings. The first-order chi connectivity index (χ1) is 9.51. The SMILES string of the molecule is COc1ccc(Cl)cc1[C@@H](C)N[C@H]1CCC(=O)N(C)C1. The van der Waals surface area contributed by atoms with Gasteiger partial charge in [0.1, 0.15) is 5.75 Å². The monoisotopic (exact) mass is 296 g/mol. The molecule has 1 amide bonds. The number of nitrogens with zero attached hydrogens (tertiary/aromatic N) is 1. The summed E-state index contributed by atoms with van der Waals surface area (Å²) in [7, 11) is 3.51. The molecule has 20 heavy (non-hydrogen) atoms. The first kappa shape index (κ1) is 15.1. The lowest BCUT2D eigenvalue weighted by atomic mass is 10.0. The van der Waals surface area contributed by atoms with E-state index in [1.54, 1.807) is 12.0 Å². The van der Waals surface area contributed by atoms with E-state index in [9.17, 15) is 4.79 Å². The molecule has 0 aromatic heterocycles. The highest BCUT2D eigenvalue weighted by Crippen LogP contribution is 2.29. The molecule has 2 rings (SSSR count). The van der Waals surface area contributed by atoms with E-state index in [0.717, 1.165) is 24.3 Å². The zero-order chi connectivity index (χ0) is 14.7. The molecular formula is C15H21ClN2O2. The predicted octanol–water partition coefficient (Wildman–Crippen LogP) is 2.62. The molecule has 0 aliphatic carbocycles. The fraction of sp³-hybridized carbons (Fsp3) is 0.533. The number of piperidine rings is 1. The Morgan fingerprint density at radius 3 is 2.90 bits per heavy atom. The van der Waals surface area contributed by atoms with E-state index < -0.39 is 0 Å². The first-order valence-electron chi connectivity index (χ1n) is 6.84. The zero-order valence-corrected chi connectivity index (χ0v) is 12.9. The number of hydrogen-bond acceptors (Lipinski definition) is 3. The number of nitrogens with one attached hydrogen (secondary N) is 1. The first-order valence-corrected chi connectivity index (χ1v) is 7.22. The minimum absolute atomic E-state index is 0.121. The summed E-state index contributed by atoms with van der Waals surface area (Å²) in [5.74, 6) is 1.05. The number of amides is 1. The van der Waals surface area contributed by atoms with E-state index in [4.69, 9.17) is 16.3 Å². The second-order valence-corrected chi connectivity index (χ2v) is 5.72. The normalized spacial score (nSPS) is 20.9. The Balaban J connectivity index is 2.06. The maximum atomic E-state index is 11.5. The van der Waals surface area contributed by atoms with Crippen LogP contribution in [0, 0.1) is 0 Å². The molecule has 1 aromatic carbocycles. The maximum absolute atomic E-state index is 11.5. The number of ether oxygens (including phenoxy) is 1. The Morgan fingerprint density at radius 1 is 1.50 bits per heavy atom. The number of likely N-dealkylation sites (N-methyl/N-ethyl adjacent to an activating group) is 1. The maximum Gasteiger partial charge on any atom is 0.222 e. The molecule has 2 atom stereocenters. The fourth-order valence-corrected chi connectivity index (χ4v) is 2.82. The number of methoxy groups -OCH3 is 1. The van der Waals surface area contributed by atoms with Crippen LogP contribution >= 0.6 is 11.6 Å². The lowest BCUT2D eigenvalue weighted by Crippen LogP contribution is -2.47. The van der Waals surface area contributed by atoms with Crippen molar-refractivity contribution < 1.29 is 9.53 Å². The van der Waals surface area contributed by atoms with Crippen LogP contribution in [0.15, 0.2) is 18.2 Å². The number of rotatable bonds is 4. The number of carbonyl (C=O) groups excluding carboxylic acids is 1. The summed E-state index contributed by atoms with van der Waals surface area (Å²) in [5.41, 5.74) is 1.04. The zero-order valence-electron chi connectivity index (χ0n) is 12.1. The Morgan fingerprint density at radius 2 is 2.25 bits per heavy atom. The molecule has 0 saturated carbocycles. The van der Waals surface area contributed by atoms with Crippen molar-refractivity contribution in [2.24, 2.45) is 0 Å². The minimum atomic E-state index is 0.121. The third-order valence-corrected chi connectivity index (χ3v) is 4.01. The highest BCUT2D eigenvalue weighted by Gasteiger charge is 2.24. The largest absolute Gasteiger partial charge is 0.496 e. The van der Waals surface area contributed by atoms with Crippen LogP contribution in [0.2, 0.25) is 5.02 Å². The molecule has 1 N–H and O–H groups in total. The lowest BCUT2D eigenvalue weighted by molar-refractivity contribution is -0.132. The number of benzene rings is 1. The molecule has 5 heteroatoms. The smallest absolute Gasteiger partial charge is 0.222 e. The Hall–Kier alpha value is -1.26. The van der Waals surface area contributed by atoms with Gasteiger partial charge in [-0.15, -0.1) is 0 Å². The average molecular weight is 297 g/mol. The molecule has 4 nitrogen and oxygen atoms in total. The molecule has 0 radical (unpaired) electrons. The van der Waals surface area contributed by atoms with Gasteiger partial charge in [-0.05, 0) is 31.5 Å². The van der Waals surface area contributed by atoms with Crippen molar-refractivity contribution in [1.82, 2.24) is 10.2 Å². The molecule has 1 fully saturated rings. The van der Waals surface area contributed by atoms with Crippen molar-refractivity contribution in [2.75, 3.05) is 20.7 Å². The lowest BCUT2D eigenvalue weighted by Gasteiger charge is -2.32. The van der Waals surface area contributed by atoms with Crippen molar-refractivity contribution in [3.63, 3.8) is 0 Å². The summed E-state index contributed by atoms with van der Waals surface area (Å²) in [6.07, 6.45) is 1.48. The van der Waals surface area contributed by atoms with Gasteiger partial charge in [0.25, 0.3) is 0 Å².